The topological polar surface area (TPSA) is 78.3 Å². The minimum Gasteiger partial charge on any atom is -0.481 e. The molecule has 4 nitrogen and oxygen atoms in total. The van der Waals surface area contributed by atoms with Crippen LogP contribution in [0.4, 0.5) is 0 Å². The number of carbonyl (C=O) groups is 1. The van der Waals surface area contributed by atoms with Crippen molar-refractivity contribution >= 4 is 21.8 Å². The molecule has 0 spiro atoms. The van der Waals surface area contributed by atoms with Crippen molar-refractivity contribution in [1.29, 1.82) is 0 Å². The molecule has 5 heteroatoms. The average molecular weight is 315 g/mol. The highest BCUT2D eigenvalue weighted by molar-refractivity contribution is 9.10. The van der Waals surface area contributed by atoms with Crippen molar-refractivity contribution in [2.75, 3.05) is 0 Å². The highest BCUT2D eigenvalue weighted by atomic mass is 79.9. The van der Waals surface area contributed by atoms with Crippen LogP contribution in [-0.2, 0) is 11.2 Å². The lowest BCUT2D eigenvalue weighted by Crippen LogP contribution is -2.31. The molecule has 0 aromatic heterocycles. The molecule has 18 heavy (non-hydrogen) atoms. The third-order valence-electron chi connectivity index (χ3n) is 2.73. The van der Waals surface area contributed by atoms with Crippen LogP contribution in [0, 0.1) is 0 Å². The van der Waals surface area contributed by atoms with Crippen molar-refractivity contribution in [1.82, 2.24) is 0 Å². The molecule has 100 valence electrons. The van der Waals surface area contributed by atoms with Gasteiger partial charge in [-0.15, -0.1) is 0 Å². The molecule has 0 heterocycles. The Kier molecular flexibility index (Phi) is 5.62. The third-order valence-corrected chi connectivity index (χ3v) is 3.23. The Balaban J connectivity index is 2.92. The molecule has 0 aliphatic heterocycles. The Hall–Kier alpha value is -1.07. The van der Waals surface area contributed by atoms with Gasteiger partial charge in [-0.05, 0) is 43.5 Å². The highest BCUT2D eigenvalue weighted by Gasteiger charge is 2.14. The summed E-state index contributed by atoms with van der Waals surface area (Å²) in [5.74, 6) is 0.178. The SMILES string of the molecule is CCC(N)Cc1cc(Br)ccc1OC(C)C(N)=O. The Morgan fingerprint density at radius 1 is 1.50 bits per heavy atom. The summed E-state index contributed by atoms with van der Waals surface area (Å²) in [6.45, 7) is 3.67. The number of primary amides is 1. The van der Waals surface area contributed by atoms with Crippen LogP contribution in [0.3, 0.4) is 0 Å². The van der Waals surface area contributed by atoms with Crippen molar-refractivity contribution in [3.63, 3.8) is 0 Å². The standard InChI is InChI=1S/C13H19BrN2O2/c1-3-11(15)7-9-6-10(14)4-5-12(9)18-8(2)13(16)17/h4-6,8,11H,3,7,15H2,1-2H3,(H2,16,17). The number of nitrogens with two attached hydrogens (primary N) is 2. The lowest BCUT2D eigenvalue weighted by Gasteiger charge is -2.17. The van der Waals surface area contributed by atoms with Crippen LogP contribution in [0.25, 0.3) is 0 Å². The van der Waals surface area contributed by atoms with Crippen LogP contribution in [0.5, 0.6) is 5.75 Å². The molecule has 0 bridgehead atoms. The number of benzene rings is 1. The Bertz CT molecular complexity index is 423. The summed E-state index contributed by atoms with van der Waals surface area (Å²) in [5, 5.41) is 0. The monoisotopic (exact) mass is 314 g/mol. The van der Waals surface area contributed by atoms with Gasteiger partial charge in [-0.25, -0.2) is 0 Å². The van der Waals surface area contributed by atoms with Crippen molar-refractivity contribution in [3.05, 3.63) is 28.2 Å². The first-order valence-corrected chi connectivity index (χ1v) is 6.73. The molecule has 4 N–H and O–H groups in total. The van der Waals surface area contributed by atoms with Gasteiger partial charge in [-0.2, -0.15) is 0 Å². The fourth-order valence-electron chi connectivity index (χ4n) is 1.50. The van der Waals surface area contributed by atoms with E-state index in [-0.39, 0.29) is 6.04 Å². The van der Waals surface area contributed by atoms with Gasteiger partial charge in [0.25, 0.3) is 5.91 Å². The Morgan fingerprint density at radius 3 is 2.72 bits per heavy atom. The maximum atomic E-state index is 11.0. The van der Waals surface area contributed by atoms with E-state index in [0.29, 0.717) is 12.2 Å². The zero-order chi connectivity index (χ0) is 13.7. The van der Waals surface area contributed by atoms with E-state index in [4.69, 9.17) is 16.2 Å². The quantitative estimate of drug-likeness (QED) is 0.842. The van der Waals surface area contributed by atoms with Gasteiger partial charge in [-0.1, -0.05) is 22.9 Å². The van der Waals surface area contributed by atoms with Crippen molar-refractivity contribution in [2.45, 2.75) is 38.8 Å². The molecule has 0 radical (unpaired) electrons. The van der Waals surface area contributed by atoms with Gasteiger partial charge >= 0.3 is 0 Å². The zero-order valence-corrected chi connectivity index (χ0v) is 12.2. The normalized spacial score (nSPS) is 14.0. The number of ether oxygens (including phenoxy) is 1. The van der Waals surface area contributed by atoms with Gasteiger partial charge in [0.05, 0.1) is 0 Å². The number of hydrogen-bond acceptors (Lipinski definition) is 3. The second kappa shape index (κ2) is 6.75. The summed E-state index contributed by atoms with van der Waals surface area (Å²) in [7, 11) is 0. The van der Waals surface area contributed by atoms with E-state index in [1.165, 1.54) is 0 Å². The first-order valence-electron chi connectivity index (χ1n) is 5.94. The average Bonchev–Trinajstić information content (AvgIpc) is 2.32. The zero-order valence-electron chi connectivity index (χ0n) is 10.7. The summed E-state index contributed by atoms with van der Waals surface area (Å²) in [6, 6.07) is 5.72. The highest BCUT2D eigenvalue weighted by Crippen LogP contribution is 2.25. The van der Waals surface area contributed by atoms with Crippen molar-refractivity contribution in [2.24, 2.45) is 11.5 Å². The van der Waals surface area contributed by atoms with Crippen LogP contribution < -0.4 is 16.2 Å². The van der Waals surface area contributed by atoms with Crippen LogP contribution >= 0.6 is 15.9 Å². The fraction of sp³-hybridized carbons (Fsp3) is 0.462. The molecule has 0 fully saturated rings. The molecule has 2 atom stereocenters. The van der Waals surface area contributed by atoms with Gasteiger partial charge in [0.2, 0.25) is 0 Å². The molecule has 1 amide bonds. The predicted octanol–water partition coefficient (Wildman–Crippen LogP) is 1.98. The largest absolute Gasteiger partial charge is 0.481 e. The predicted molar refractivity (Wildman–Crippen MR) is 75.4 cm³/mol. The van der Waals surface area contributed by atoms with Gasteiger partial charge in [-0.3, -0.25) is 4.79 Å². The molecule has 1 aromatic rings. The molecular formula is C13H19BrN2O2. The smallest absolute Gasteiger partial charge is 0.258 e. The van der Waals surface area contributed by atoms with E-state index >= 15 is 0 Å². The molecule has 0 saturated carbocycles. The summed E-state index contributed by atoms with van der Waals surface area (Å²) in [5.41, 5.74) is 12.1. The van der Waals surface area contributed by atoms with Gasteiger partial charge in [0.15, 0.2) is 6.10 Å². The number of amides is 1. The van der Waals surface area contributed by atoms with Gasteiger partial charge < -0.3 is 16.2 Å². The minimum atomic E-state index is -0.650. The van der Waals surface area contributed by atoms with Gasteiger partial charge in [0, 0.05) is 10.5 Å². The number of hydrogen-bond donors (Lipinski definition) is 2. The van der Waals surface area contributed by atoms with Crippen LogP contribution in [0.2, 0.25) is 0 Å². The fourth-order valence-corrected chi connectivity index (χ4v) is 1.91. The van der Waals surface area contributed by atoms with Crippen molar-refractivity contribution in [3.8, 4) is 5.75 Å². The second-order valence-electron chi connectivity index (χ2n) is 4.29. The summed E-state index contributed by atoms with van der Waals surface area (Å²) < 4.78 is 6.51. The number of rotatable bonds is 6. The maximum Gasteiger partial charge on any atom is 0.258 e. The molecule has 1 aromatic carbocycles. The van der Waals surface area contributed by atoms with Crippen molar-refractivity contribution < 1.29 is 9.53 Å². The van der Waals surface area contributed by atoms with E-state index in [9.17, 15) is 4.79 Å². The minimum absolute atomic E-state index is 0.0746. The molecule has 1 rings (SSSR count). The van der Waals surface area contributed by atoms with E-state index in [0.717, 1.165) is 16.5 Å². The van der Waals surface area contributed by atoms with Crippen LogP contribution in [0.15, 0.2) is 22.7 Å². The lowest BCUT2D eigenvalue weighted by molar-refractivity contribution is -0.124. The first-order chi connectivity index (χ1) is 8.43. The van der Waals surface area contributed by atoms with Crippen LogP contribution in [-0.4, -0.2) is 18.1 Å². The summed E-state index contributed by atoms with van der Waals surface area (Å²) >= 11 is 3.42. The molecule has 0 aliphatic rings. The van der Waals surface area contributed by atoms with Crippen LogP contribution in [0.1, 0.15) is 25.8 Å². The second-order valence-corrected chi connectivity index (χ2v) is 5.20. The first kappa shape index (κ1) is 15.0. The molecular weight excluding hydrogens is 296 g/mol. The summed E-state index contributed by atoms with van der Waals surface area (Å²) in [6.07, 6.45) is 0.941. The lowest BCUT2D eigenvalue weighted by atomic mass is 10.0. The van der Waals surface area contributed by atoms with E-state index in [1.807, 2.05) is 25.1 Å². The maximum absolute atomic E-state index is 11.0. The van der Waals surface area contributed by atoms with E-state index < -0.39 is 12.0 Å². The molecule has 2 unspecified atom stereocenters. The number of carbonyl (C=O) groups excluding carboxylic acids is 1. The Labute approximate surface area is 116 Å². The molecule has 0 saturated heterocycles. The van der Waals surface area contributed by atoms with E-state index in [2.05, 4.69) is 15.9 Å². The van der Waals surface area contributed by atoms with E-state index in [1.54, 1.807) is 6.92 Å². The van der Waals surface area contributed by atoms with Gasteiger partial charge in [0.1, 0.15) is 5.75 Å². The summed E-state index contributed by atoms with van der Waals surface area (Å²) in [4.78, 5) is 11.0. The third kappa shape index (κ3) is 4.31. The Morgan fingerprint density at radius 2 is 2.17 bits per heavy atom. The molecule has 0 aliphatic carbocycles. The number of halogens is 1.